The van der Waals surface area contributed by atoms with Crippen molar-refractivity contribution in [3.8, 4) is 5.75 Å². The highest BCUT2D eigenvalue weighted by molar-refractivity contribution is 5.91. The van der Waals surface area contributed by atoms with Gasteiger partial charge < -0.3 is 9.15 Å². The lowest BCUT2D eigenvalue weighted by molar-refractivity contribution is 0.0730. The van der Waals surface area contributed by atoms with Gasteiger partial charge in [-0.25, -0.2) is 9.59 Å². The number of allylic oxidation sites excluding steroid dienone is 2. The summed E-state index contributed by atoms with van der Waals surface area (Å²) in [7, 11) is 0. The molecule has 0 bridgehead atoms. The molecule has 0 saturated carbocycles. The number of carbonyl (C=O) groups excluding carboxylic acids is 1. The highest BCUT2D eigenvalue weighted by atomic mass is 16.5. The Labute approximate surface area is 173 Å². The number of esters is 1. The van der Waals surface area contributed by atoms with Crippen LogP contribution in [0, 0.1) is 6.92 Å². The number of rotatable bonds is 10. The van der Waals surface area contributed by atoms with E-state index in [1.807, 2.05) is 6.07 Å². The zero-order valence-corrected chi connectivity index (χ0v) is 18.0. The fourth-order valence-corrected chi connectivity index (χ4v) is 3.25. The third-order valence-electron chi connectivity index (χ3n) is 4.99. The third-order valence-corrected chi connectivity index (χ3v) is 4.99. The van der Waals surface area contributed by atoms with Crippen molar-refractivity contribution in [2.45, 2.75) is 72.6 Å². The van der Waals surface area contributed by atoms with E-state index in [2.05, 4.69) is 26.8 Å². The van der Waals surface area contributed by atoms with Crippen LogP contribution in [0.5, 0.6) is 5.75 Å². The van der Waals surface area contributed by atoms with Gasteiger partial charge in [-0.15, -0.1) is 0 Å². The SMILES string of the molecule is CCCCC/C(C)=C/Cc1oc(=O)c(C)c(OC(=O)c2ccccc2)c1CCC. The Morgan fingerprint density at radius 2 is 1.83 bits per heavy atom. The van der Waals surface area contributed by atoms with E-state index in [0.717, 1.165) is 18.4 Å². The average molecular weight is 397 g/mol. The molecule has 0 atom stereocenters. The van der Waals surface area contributed by atoms with Gasteiger partial charge in [-0.2, -0.15) is 0 Å². The van der Waals surface area contributed by atoms with E-state index in [9.17, 15) is 9.59 Å². The molecule has 0 spiro atoms. The lowest BCUT2D eigenvalue weighted by atomic mass is 10.0. The second-order valence-corrected chi connectivity index (χ2v) is 7.46. The van der Waals surface area contributed by atoms with Crippen molar-refractivity contribution in [2.24, 2.45) is 0 Å². The van der Waals surface area contributed by atoms with Crippen LogP contribution in [0.25, 0.3) is 0 Å². The van der Waals surface area contributed by atoms with E-state index in [0.29, 0.717) is 35.5 Å². The molecule has 0 N–H and O–H groups in total. The number of benzene rings is 1. The molecular formula is C25H32O4. The van der Waals surface area contributed by atoms with Crippen molar-refractivity contribution >= 4 is 5.97 Å². The number of hydrogen-bond donors (Lipinski definition) is 0. The molecule has 0 aliphatic heterocycles. The van der Waals surface area contributed by atoms with E-state index in [-0.39, 0.29) is 0 Å². The largest absolute Gasteiger partial charge is 0.427 e. The highest BCUT2D eigenvalue weighted by Gasteiger charge is 2.20. The van der Waals surface area contributed by atoms with Gasteiger partial charge in [0.2, 0.25) is 0 Å². The van der Waals surface area contributed by atoms with Gasteiger partial charge in [0, 0.05) is 12.0 Å². The third kappa shape index (κ3) is 6.45. The summed E-state index contributed by atoms with van der Waals surface area (Å²) in [4.78, 5) is 25.0. The molecule has 1 aromatic carbocycles. The highest BCUT2D eigenvalue weighted by Crippen LogP contribution is 2.28. The Hall–Kier alpha value is -2.62. The van der Waals surface area contributed by atoms with E-state index < -0.39 is 11.6 Å². The fraction of sp³-hybridized carbons (Fsp3) is 0.440. The Kier molecular flexibility index (Phi) is 8.91. The summed E-state index contributed by atoms with van der Waals surface area (Å²) < 4.78 is 11.3. The first kappa shape index (κ1) is 22.7. The number of unbranched alkanes of at least 4 members (excludes halogenated alkanes) is 2. The van der Waals surface area contributed by atoms with Crippen molar-refractivity contribution in [2.75, 3.05) is 0 Å². The molecule has 1 heterocycles. The van der Waals surface area contributed by atoms with Crippen molar-refractivity contribution < 1.29 is 13.9 Å². The molecule has 0 unspecified atom stereocenters. The van der Waals surface area contributed by atoms with E-state index in [1.165, 1.54) is 24.8 Å². The summed E-state index contributed by atoms with van der Waals surface area (Å²) >= 11 is 0. The second-order valence-electron chi connectivity index (χ2n) is 7.46. The summed E-state index contributed by atoms with van der Waals surface area (Å²) in [6, 6.07) is 8.81. The minimum absolute atomic E-state index is 0.338. The van der Waals surface area contributed by atoms with Gasteiger partial charge in [0.25, 0.3) is 0 Å². The molecule has 4 heteroatoms. The number of ether oxygens (including phenoxy) is 1. The maximum atomic E-state index is 12.6. The fourth-order valence-electron chi connectivity index (χ4n) is 3.25. The zero-order valence-electron chi connectivity index (χ0n) is 18.0. The standard InChI is InChI=1S/C25H32O4/c1-5-7-9-13-18(3)16-17-22-21(12-6-2)23(19(4)24(26)28-22)29-25(27)20-14-10-8-11-15-20/h8,10-11,14-16H,5-7,9,12-13,17H2,1-4H3/b18-16+. The Morgan fingerprint density at radius 1 is 1.10 bits per heavy atom. The van der Waals surface area contributed by atoms with Gasteiger partial charge in [0.15, 0.2) is 0 Å². The summed E-state index contributed by atoms with van der Waals surface area (Å²) in [5, 5.41) is 0. The molecule has 0 fully saturated rings. The molecule has 156 valence electrons. The Balaban J connectivity index is 2.34. The van der Waals surface area contributed by atoms with Crippen LogP contribution < -0.4 is 10.4 Å². The molecule has 0 aliphatic carbocycles. The molecule has 2 aromatic rings. The van der Waals surface area contributed by atoms with Gasteiger partial charge in [-0.05, 0) is 45.2 Å². The van der Waals surface area contributed by atoms with Crippen LogP contribution in [-0.4, -0.2) is 5.97 Å². The minimum Gasteiger partial charge on any atom is -0.427 e. The topological polar surface area (TPSA) is 56.5 Å². The second kappa shape index (κ2) is 11.4. The molecule has 0 amide bonds. The van der Waals surface area contributed by atoms with Crippen molar-refractivity contribution in [1.29, 1.82) is 0 Å². The van der Waals surface area contributed by atoms with Gasteiger partial charge >= 0.3 is 11.6 Å². The maximum Gasteiger partial charge on any atom is 0.343 e. The van der Waals surface area contributed by atoms with E-state index >= 15 is 0 Å². The zero-order chi connectivity index (χ0) is 21.2. The van der Waals surface area contributed by atoms with E-state index in [4.69, 9.17) is 9.15 Å². The van der Waals surface area contributed by atoms with Crippen LogP contribution in [0.2, 0.25) is 0 Å². The van der Waals surface area contributed by atoms with Gasteiger partial charge in [-0.3, -0.25) is 0 Å². The molecule has 0 aliphatic rings. The van der Waals surface area contributed by atoms with Crippen molar-refractivity contribution in [1.82, 2.24) is 0 Å². The Bertz CT molecular complexity index is 891. The first-order valence-corrected chi connectivity index (χ1v) is 10.6. The van der Waals surface area contributed by atoms with Crippen molar-refractivity contribution in [3.63, 3.8) is 0 Å². The number of carbonyl (C=O) groups is 1. The molecule has 2 rings (SSSR count). The lowest BCUT2D eigenvalue weighted by Gasteiger charge is -2.15. The van der Waals surface area contributed by atoms with Gasteiger partial charge in [0.05, 0.1) is 11.1 Å². The monoisotopic (exact) mass is 396 g/mol. The quantitative estimate of drug-likeness (QED) is 0.273. The minimum atomic E-state index is -0.464. The molecular weight excluding hydrogens is 364 g/mol. The molecule has 0 radical (unpaired) electrons. The van der Waals surface area contributed by atoms with Gasteiger partial charge in [-0.1, -0.05) is 63.0 Å². The van der Waals surface area contributed by atoms with Crippen LogP contribution >= 0.6 is 0 Å². The van der Waals surface area contributed by atoms with Crippen LogP contribution in [0.4, 0.5) is 0 Å². The van der Waals surface area contributed by atoms with Crippen LogP contribution in [-0.2, 0) is 12.8 Å². The molecule has 29 heavy (non-hydrogen) atoms. The number of hydrogen-bond acceptors (Lipinski definition) is 4. The molecule has 1 aromatic heterocycles. The van der Waals surface area contributed by atoms with Crippen LogP contribution in [0.15, 0.2) is 51.2 Å². The first-order chi connectivity index (χ1) is 14.0. The average Bonchev–Trinajstić information content (AvgIpc) is 2.73. The smallest absolute Gasteiger partial charge is 0.343 e. The van der Waals surface area contributed by atoms with Gasteiger partial charge in [0.1, 0.15) is 11.5 Å². The Morgan fingerprint density at radius 3 is 2.48 bits per heavy atom. The predicted octanol–water partition coefficient (Wildman–Crippen LogP) is 6.19. The maximum absolute atomic E-state index is 12.6. The summed E-state index contributed by atoms with van der Waals surface area (Å²) in [5.74, 6) is 0.478. The first-order valence-electron chi connectivity index (χ1n) is 10.6. The van der Waals surface area contributed by atoms with Crippen LogP contribution in [0.1, 0.15) is 80.1 Å². The van der Waals surface area contributed by atoms with E-state index in [1.54, 1.807) is 31.2 Å². The predicted molar refractivity (Wildman–Crippen MR) is 117 cm³/mol. The molecule has 0 saturated heterocycles. The normalized spacial score (nSPS) is 11.5. The summed E-state index contributed by atoms with van der Waals surface area (Å²) in [6.45, 7) is 8.00. The molecule has 4 nitrogen and oxygen atoms in total. The summed E-state index contributed by atoms with van der Waals surface area (Å²) in [6.07, 6.45) is 8.79. The lowest BCUT2D eigenvalue weighted by Crippen LogP contribution is -2.17. The summed E-state index contributed by atoms with van der Waals surface area (Å²) in [5.41, 5.74) is 2.44. The van der Waals surface area contributed by atoms with Crippen molar-refractivity contribution in [3.05, 3.63) is 74.9 Å². The van der Waals surface area contributed by atoms with Crippen LogP contribution in [0.3, 0.4) is 0 Å².